The van der Waals surface area contributed by atoms with E-state index in [1.165, 1.54) is 6.07 Å². The van der Waals surface area contributed by atoms with Gasteiger partial charge in [0, 0.05) is 28.4 Å². The van der Waals surface area contributed by atoms with Crippen LogP contribution in [0.5, 0.6) is 0 Å². The highest BCUT2D eigenvalue weighted by Gasteiger charge is 2.19. The number of hydrogen-bond donors (Lipinski definition) is 1. The maximum absolute atomic E-state index is 12.4. The number of hydrogen-bond acceptors (Lipinski definition) is 5. The Morgan fingerprint density at radius 1 is 1.21 bits per heavy atom. The molecule has 2 aromatic rings. The zero-order chi connectivity index (χ0) is 17.9. The van der Waals surface area contributed by atoms with Crippen molar-refractivity contribution in [1.82, 2.24) is 0 Å². The fraction of sp³-hybridized carbons (Fsp3) is 0.125. The van der Waals surface area contributed by atoms with Crippen LogP contribution in [-0.2, 0) is 4.74 Å². The third-order valence-electron chi connectivity index (χ3n) is 3.33. The number of ether oxygens (including phenoxy) is 1. The number of rotatable bonds is 4. The molecule has 1 amide bonds. The van der Waals surface area contributed by atoms with Crippen LogP contribution < -0.4 is 5.32 Å². The molecule has 0 bridgehead atoms. The molecule has 1 N–H and O–H groups in total. The van der Waals surface area contributed by atoms with Crippen LogP contribution in [0.15, 0.2) is 36.4 Å². The van der Waals surface area contributed by atoms with Crippen LogP contribution in [0.2, 0.25) is 5.02 Å². The quantitative estimate of drug-likeness (QED) is 0.517. The zero-order valence-corrected chi connectivity index (χ0v) is 13.6. The maximum atomic E-state index is 12.4. The number of nitrogens with one attached hydrogen (secondary N) is 1. The number of nitro benzene ring substituents is 1. The molecular weight excluding hydrogens is 336 g/mol. The number of esters is 1. The second kappa shape index (κ2) is 7.10. The molecular formula is C16H13ClN2O5. The summed E-state index contributed by atoms with van der Waals surface area (Å²) in [5.41, 5.74) is 0.624. The minimum Gasteiger partial charge on any atom is -0.465 e. The summed E-state index contributed by atoms with van der Waals surface area (Å²) in [5, 5.41) is 14.1. The maximum Gasteiger partial charge on any atom is 0.338 e. The van der Waals surface area contributed by atoms with Crippen LogP contribution >= 0.6 is 11.6 Å². The first-order valence-electron chi connectivity index (χ1n) is 6.77. The Bertz CT molecular complexity index is 835. The van der Waals surface area contributed by atoms with E-state index in [9.17, 15) is 19.7 Å². The lowest BCUT2D eigenvalue weighted by atomic mass is 10.1. The van der Waals surface area contributed by atoms with Gasteiger partial charge in [-0.1, -0.05) is 17.7 Å². The van der Waals surface area contributed by atoms with Crippen LogP contribution in [0.4, 0.5) is 11.4 Å². The van der Waals surface area contributed by atoms with Crippen LogP contribution in [0.1, 0.15) is 26.3 Å². The molecule has 0 aromatic heterocycles. The van der Waals surface area contributed by atoms with Crippen molar-refractivity contribution in [2.75, 3.05) is 12.4 Å². The van der Waals surface area contributed by atoms with Gasteiger partial charge in [0.25, 0.3) is 11.6 Å². The van der Waals surface area contributed by atoms with E-state index >= 15 is 0 Å². The summed E-state index contributed by atoms with van der Waals surface area (Å²) < 4.78 is 4.55. The van der Waals surface area contributed by atoms with Crippen molar-refractivity contribution < 1.29 is 19.2 Å². The monoisotopic (exact) mass is 348 g/mol. The van der Waals surface area contributed by atoms with Crippen molar-refractivity contribution in [3.05, 3.63) is 68.2 Å². The third kappa shape index (κ3) is 3.69. The van der Waals surface area contributed by atoms with Crippen molar-refractivity contribution in [2.45, 2.75) is 6.92 Å². The van der Waals surface area contributed by atoms with E-state index in [2.05, 4.69) is 10.1 Å². The lowest BCUT2D eigenvalue weighted by molar-refractivity contribution is -0.384. The van der Waals surface area contributed by atoms with E-state index in [0.29, 0.717) is 16.3 Å². The van der Waals surface area contributed by atoms with E-state index in [-0.39, 0.29) is 16.8 Å². The summed E-state index contributed by atoms with van der Waals surface area (Å²) in [6, 6.07) is 8.36. The number of nitro groups is 1. The smallest absolute Gasteiger partial charge is 0.338 e. The van der Waals surface area contributed by atoms with E-state index in [1.807, 2.05) is 0 Å². The first-order valence-corrected chi connectivity index (χ1v) is 7.15. The lowest BCUT2D eigenvalue weighted by Gasteiger charge is -2.10. The molecule has 0 fully saturated rings. The molecule has 0 heterocycles. The topological polar surface area (TPSA) is 98.5 Å². The summed E-state index contributed by atoms with van der Waals surface area (Å²) in [6.45, 7) is 1.73. The number of nitrogens with zero attached hydrogens (tertiary/aromatic N) is 1. The number of amides is 1. The molecule has 0 aliphatic rings. The summed E-state index contributed by atoms with van der Waals surface area (Å²) in [7, 11) is 1.15. The van der Waals surface area contributed by atoms with Crippen molar-refractivity contribution in [3.8, 4) is 0 Å². The highest BCUT2D eigenvalue weighted by Crippen LogP contribution is 2.24. The average Bonchev–Trinajstić information content (AvgIpc) is 2.57. The van der Waals surface area contributed by atoms with Crippen LogP contribution in [-0.4, -0.2) is 23.9 Å². The van der Waals surface area contributed by atoms with Gasteiger partial charge in [-0.2, -0.15) is 0 Å². The molecule has 0 saturated carbocycles. The molecule has 0 saturated heterocycles. The Balaban J connectivity index is 2.41. The molecule has 2 aromatic carbocycles. The molecule has 0 radical (unpaired) electrons. The average molecular weight is 349 g/mol. The van der Waals surface area contributed by atoms with Gasteiger partial charge in [-0.3, -0.25) is 14.9 Å². The number of methoxy groups -OCH3 is 1. The zero-order valence-electron chi connectivity index (χ0n) is 12.8. The van der Waals surface area contributed by atoms with E-state index in [0.717, 1.165) is 19.2 Å². The summed E-state index contributed by atoms with van der Waals surface area (Å²) in [4.78, 5) is 34.3. The molecule has 0 aliphatic heterocycles. The van der Waals surface area contributed by atoms with Crippen LogP contribution in [0, 0.1) is 17.0 Å². The fourth-order valence-corrected chi connectivity index (χ4v) is 2.20. The number of non-ortho nitro benzene ring substituents is 1. The van der Waals surface area contributed by atoms with Gasteiger partial charge in [0.15, 0.2) is 0 Å². The number of carbonyl (C=O) groups is 2. The van der Waals surface area contributed by atoms with Gasteiger partial charge >= 0.3 is 5.97 Å². The first-order chi connectivity index (χ1) is 11.3. The number of halogens is 1. The third-order valence-corrected chi connectivity index (χ3v) is 3.74. The second-order valence-corrected chi connectivity index (χ2v) is 5.29. The van der Waals surface area contributed by atoms with Gasteiger partial charge in [0.1, 0.15) is 0 Å². The van der Waals surface area contributed by atoms with Gasteiger partial charge in [0.2, 0.25) is 0 Å². The number of benzene rings is 2. The summed E-state index contributed by atoms with van der Waals surface area (Å²) in [6.07, 6.45) is 0. The molecule has 7 nitrogen and oxygen atoms in total. The minimum absolute atomic E-state index is 0.0380. The molecule has 124 valence electrons. The molecule has 0 spiro atoms. The molecule has 24 heavy (non-hydrogen) atoms. The summed E-state index contributed by atoms with van der Waals surface area (Å²) in [5.74, 6) is -1.37. The Hall–Kier alpha value is -2.93. The van der Waals surface area contributed by atoms with Crippen LogP contribution in [0.3, 0.4) is 0 Å². The minimum atomic E-state index is -0.772. The van der Waals surface area contributed by atoms with Gasteiger partial charge in [-0.15, -0.1) is 0 Å². The molecule has 8 heteroatoms. The van der Waals surface area contributed by atoms with Crippen molar-refractivity contribution in [2.24, 2.45) is 0 Å². The van der Waals surface area contributed by atoms with Gasteiger partial charge in [-0.05, 0) is 30.7 Å². The standard InChI is InChI=1S/C16H13ClN2O5/c1-9-13(17)4-3-5-14(9)18-15(20)10-6-11(16(21)24-2)8-12(7-10)19(22)23/h3-8H,1-2H3,(H,18,20). The van der Waals surface area contributed by atoms with Crippen LogP contribution in [0.25, 0.3) is 0 Å². The lowest BCUT2D eigenvalue weighted by Crippen LogP contribution is -2.14. The molecule has 0 aliphatic carbocycles. The molecule has 0 atom stereocenters. The van der Waals surface area contributed by atoms with Gasteiger partial charge in [0.05, 0.1) is 17.6 Å². The Morgan fingerprint density at radius 2 is 1.88 bits per heavy atom. The van der Waals surface area contributed by atoms with E-state index in [1.54, 1.807) is 25.1 Å². The normalized spacial score (nSPS) is 10.1. The Kier molecular flexibility index (Phi) is 5.15. The predicted molar refractivity (Wildman–Crippen MR) is 88.6 cm³/mol. The van der Waals surface area contributed by atoms with Gasteiger partial charge in [-0.25, -0.2) is 4.79 Å². The van der Waals surface area contributed by atoms with E-state index < -0.39 is 16.8 Å². The summed E-state index contributed by atoms with van der Waals surface area (Å²) >= 11 is 5.99. The highest BCUT2D eigenvalue weighted by molar-refractivity contribution is 6.31. The van der Waals surface area contributed by atoms with Crippen molar-refractivity contribution in [3.63, 3.8) is 0 Å². The molecule has 0 unspecified atom stereocenters. The van der Waals surface area contributed by atoms with Crippen molar-refractivity contribution in [1.29, 1.82) is 0 Å². The Morgan fingerprint density at radius 3 is 2.50 bits per heavy atom. The SMILES string of the molecule is COC(=O)c1cc(C(=O)Nc2cccc(Cl)c2C)cc([N+](=O)[O-])c1. The number of carbonyl (C=O) groups excluding carboxylic acids is 2. The predicted octanol–water partition coefficient (Wildman–Crippen LogP) is 3.60. The largest absolute Gasteiger partial charge is 0.465 e. The first kappa shape index (κ1) is 17.4. The van der Waals surface area contributed by atoms with E-state index in [4.69, 9.17) is 11.6 Å². The fourth-order valence-electron chi connectivity index (χ4n) is 2.02. The number of anilines is 1. The second-order valence-electron chi connectivity index (χ2n) is 4.88. The molecule has 2 rings (SSSR count). The Labute approximate surface area is 142 Å². The highest BCUT2D eigenvalue weighted by atomic mass is 35.5. The van der Waals surface area contributed by atoms with Crippen molar-refractivity contribution >= 4 is 34.9 Å². The van der Waals surface area contributed by atoms with Gasteiger partial charge < -0.3 is 10.1 Å².